The smallest absolute Gasteiger partial charge is 0.242 e. The van der Waals surface area contributed by atoms with Crippen LogP contribution < -0.4 is 15.5 Å². The summed E-state index contributed by atoms with van der Waals surface area (Å²) in [5.74, 6) is 1.74. The first-order valence-electron chi connectivity index (χ1n) is 6.75. The maximum absolute atomic E-state index is 11.7. The third-order valence-electron chi connectivity index (χ3n) is 3.37. The Bertz CT molecular complexity index is 462. The lowest BCUT2D eigenvalue weighted by Crippen LogP contribution is -2.54. The van der Waals surface area contributed by atoms with Crippen LogP contribution in [-0.2, 0) is 4.79 Å². The first-order valence-corrected chi connectivity index (χ1v) is 6.75. The van der Waals surface area contributed by atoms with Gasteiger partial charge in [0.2, 0.25) is 5.91 Å². The predicted octanol–water partition coefficient (Wildman–Crippen LogP) is 0.932. The fraction of sp³-hybridized carbons (Fsp3) is 0.615. The third-order valence-corrected chi connectivity index (χ3v) is 3.37. The summed E-state index contributed by atoms with van der Waals surface area (Å²) >= 11 is 0. The van der Waals surface area contributed by atoms with Crippen molar-refractivity contribution in [3.8, 4) is 0 Å². The molecule has 1 atom stereocenters. The van der Waals surface area contributed by atoms with E-state index >= 15 is 0 Å². The molecule has 19 heavy (non-hydrogen) atoms. The zero-order chi connectivity index (χ0) is 13.8. The molecular formula is C13H21N5O. The average Bonchev–Trinajstić information content (AvgIpc) is 2.41. The van der Waals surface area contributed by atoms with Crippen LogP contribution in [0.5, 0.6) is 0 Å². The minimum absolute atomic E-state index is 0.0485. The summed E-state index contributed by atoms with van der Waals surface area (Å²) in [6.45, 7) is 8.32. The van der Waals surface area contributed by atoms with Crippen LogP contribution in [-0.4, -0.2) is 41.6 Å². The van der Waals surface area contributed by atoms with Gasteiger partial charge in [-0.25, -0.2) is 9.97 Å². The third kappa shape index (κ3) is 2.77. The van der Waals surface area contributed by atoms with Crippen LogP contribution in [0, 0.1) is 6.92 Å². The maximum Gasteiger partial charge on any atom is 0.242 e. The second-order valence-electron chi connectivity index (χ2n) is 4.76. The Morgan fingerprint density at radius 1 is 1.53 bits per heavy atom. The summed E-state index contributed by atoms with van der Waals surface area (Å²) in [4.78, 5) is 22.4. The second-order valence-corrected chi connectivity index (χ2v) is 4.76. The molecular weight excluding hydrogens is 242 g/mol. The van der Waals surface area contributed by atoms with Crippen LogP contribution in [0.3, 0.4) is 0 Å². The predicted molar refractivity (Wildman–Crippen MR) is 75.4 cm³/mol. The molecule has 1 aliphatic rings. The first-order chi connectivity index (χ1) is 9.15. The number of carbonyl (C=O) groups excluding carboxylic acids is 1. The summed E-state index contributed by atoms with van der Waals surface area (Å²) in [6, 6.07) is -0.193. The number of nitrogens with one attached hydrogen (secondary N) is 2. The SMILES string of the molecule is CCCNc1ncnc(N2CCNC(=O)C2C)c1C. The van der Waals surface area contributed by atoms with Gasteiger partial charge in [0, 0.05) is 25.2 Å². The second kappa shape index (κ2) is 5.86. The molecule has 6 nitrogen and oxygen atoms in total. The van der Waals surface area contributed by atoms with E-state index in [0.717, 1.165) is 36.7 Å². The molecule has 1 fully saturated rings. The highest BCUT2D eigenvalue weighted by Crippen LogP contribution is 2.24. The molecule has 1 aromatic rings. The van der Waals surface area contributed by atoms with Crippen LogP contribution in [0.15, 0.2) is 6.33 Å². The van der Waals surface area contributed by atoms with Crippen LogP contribution in [0.4, 0.5) is 11.6 Å². The van der Waals surface area contributed by atoms with Crippen LogP contribution in [0.2, 0.25) is 0 Å². The van der Waals surface area contributed by atoms with Gasteiger partial charge in [0.05, 0.1) is 0 Å². The molecule has 0 radical (unpaired) electrons. The van der Waals surface area contributed by atoms with E-state index in [1.807, 2.05) is 18.7 Å². The summed E-state index contributed by atoms with van der Waals surface area (Å²) in [5, 5.41) is 6.15. The van der Waals surface area contributed by atoms with Gasteiger partial charge in [-0.3, -0.25) is 4.79 Å². The van der Waals surface area contributed by atoms with E-state index in [0.29, 0.717) is 6.54 Å². The van der Waals surface area contributed by atoms with Crippen molar-refractivity contribution in [3.63, 3.8) is 0 Å². The molecule has 2 heterocycles. The van der Waals surface area contributed by atoms with Gasteiger partial charge in [-0.2, -0.15) is 0 Å². The van der Waals surface area contributed by atoms with Crippen LogP contribution in [0.1, 0.15) is 25.8 Å². The monoisotopic (exact) mass is 263 g/mol. The number of nitrogens with zero attached hydrogens (tertiary/aromatic N) is 3. The van der Waals surface area contributed by atoms with Gasteiger partial charge in [-0.15, -0.1) is 0 Å². The number of amides is 1. The number of rotatable bonds is 4. The van der Waals surface area contributed by atoms with Gasteiger partial charge in [0.25, 0.3) is 0 Å². The molecule has 0 aromatic carbocycles. The molecule has 1 unspecified atom stereocenters. The number of piperazine rings is 1. The minimum Gasteiger partial charge on any atom is -0.370 e. The molecule has 0 aliphatic carbocycles. The number of anilines is 2. The molecule has 1 amide bonds. The van der Waals surface area contributed by atoms with E-state index in [2.05, 4.69) is 27.5 Å². The maximum atomic E-state index is 11.7. The van der Waals surface area contributed by atoms with Crippen molar-refractivity contribution in [2.24, 2.45) is 0 Å². The zero-order valence-electron chi connectivity index (χ0n) is 11.7. The quantitative estimate of drug-likeness (QED) is 0.845. The van der Waals surface area contributed by atoms with E-state index in [9.17, 15) is 4.79 Å². The Morgan fingerprint density at radius 2 is 2.32 bits per heavy atom. The Morgan fingerprint density at radius 3 is 3.05 bits per heavy atom. The van der Waals surface area contributed by atoms with Gasteiger partial charge < -0.3 is 15.5 Å². The van der Waals surface area contributed by atoms with Gasteiger partial charge >= 0.3 is 0 Å². The molecule has 1 aromatic heterocycles. The fourth-order valence-corrected chi connectivity index (χ4v) is 2.22. The lowest BCUT2D eigenvalue weighted by molar-refractivity contribution is -0.122. The Hall–Kier alpha value is -1.85. The van der Waals surface area contributed by atoms with E-state index in [4.69, 9.17) is 0 Å². The highest BCUT2D eigenvalue weighted by atomic mass is 16.2. The Labute approximate surface area is 113 Å². The van der Waals surface area contributed by atoms with Crippen molar-refractivity contribution < 1.29 is 4.79 Å². The summed E-state index contributed by atoms with van der Waals surface area (Å²) in [5.41, 5.74) is 0.998. The van der Waals surface area contributed by atoms with E-state index in [1.54, 1.807) is 6.33 Å². The number of hydrogen-bond acceptors (Lipinski definition) is 5. The van der Waals surface area contributed by atoms with E-state index in [1.165, 1.54) is 0 Å². The van der Waals surface area contributed by atoms with Crippen LogP contribution in [0.25, 0.3) is 0 Å². The number of hydrogen-bond donors (Lipinski definition) is 2. The average molecular weight is 263 g/mol. The summed E-state index contributed by atoms with van der Waals surface area (Å²) in [6.07, 6.45) is 2.60. The largest absolute Gasteiger partial charge is 0.370 e. The van der Waals surface area contributed by atoms with Crippen LogP contribution >= 0.6 is 0 Å². The lowest BCUT2D eigenvalue weighted by atomic mass is 10.1. The highest BCUT2D eigenvalue weighted by molar-refractivity contribution is 5.86. The van der Waals surface area contributed by atoms with Crippen molar-refractivity contribution in [1.29, 1.82) is 0 Å². The Balaban J connectivity index is 2.26. The highest BCUT2D eigenvalue weighted by Gasteiger charge is 2.28. The Kier molecular flexibility index (Phi) is 4.19. The topological polar surface area (TPSA) is 70.2 Å². The molecule has 2 N–H and O–H groups in total. The molecule has 6 heteroatoms. The molecule has 0 bridgehead atoms. The van der Waals surface area contributed by atoms with Gasteiger partial charge in [-0.1, -0.05) is 6.92 Å². The van der Waals surface area contributed by atoms with Gasteiger partial charge in [-0.05, 0) is 20.3 Å². The van der Waals surface area contributed by atoms with Crippen molar-refractivity contribution in [2.75, 3.05) is 29.9 Å². The van der Waals surface area contributed by atoms with Crippen molar-refractivity contribution in [3.05, 3.63) is 11.9 Å². The summed E-state index contributed by atoms with van der Waals surface area (Å²) < 4.78 is 0. The zero-order valence-corrected chi connectivity index (χ0v) is 11.7. The van der Waals surface area contributed by atoms with Crippen molar-refractivity contribution >= 4 is 17.5 Å². The minimum atomic E-state index is -0.193. The van der Waals surface area contributed by atoms with E-state index in [-0.39, 0.29) is 11.9 Å². The number of aromatic nitrogens is 2. The molecule has 0 saturated carbocycles. The molecule has 104 valence electrons. The van der Waals surface area contributed by atoms with Gasteiger partial charge in [0.1, 0.15) is 24.0 Å². The lowest BCUT2D eigenvalue weighted by Gasteiger charge is -2.34. The molecule has 2 rings (SSSR count). The standard InChI is InChI=1S/C13H21N5O/c1-4-5-14-11-9(2)12(17-8-16-11)18-7-6-15-13(19)10(18)3/h8,10H,4-7H2,1-3H3,(H,15,19)(H,14,16,17). The van der Waals surface area contributed by atoms with Crippen molar-refractivity contribution in [1.82, 2.24) is 15.3 Å². The normalized spacial score (nSPS) is 19.2. The summed E-state index contributed by atoms with van der Waals surface area (Å²) in [7, 11) is 0. The molecule has 1 saturated heterocycles. The first kappa shape index (κ1) is 13.6. The fourth-order valence-electron chi connectivity index (χ4n) is 2.22. The molecule has 1 aliphatic heterocycles. The number of carbonyl (C=O) groups is 1. The molecule has 0 spiro atoms. The van der Waals surface area contributed by atoms with Crippen molar-refractivity contribution in [2.45, 2.75) is 33.2 Å². The van der Waals surface area contributed by atoms with E-state index < -0.39 is 0 Å². The van der Waals surface area contributed by atoms with Gasteiger partial charge in [0.15, 0.2) is 0 Å².